The second-order valence-corrected chi connectivity index (χ2v) is 16.3. The highest BCUT2D eigenvalue weighted by Gasteiger charge is 2.16. The van der Waals surface area contributed by atoms with Gasteiger partial charge in [0.05, 0.1) is 11.4 Å². The lowest BCUT2D eigenvalue weighted by Crippen LogP contribution is -1.96. The molecule has 4 heteroatoms. The average molecular weight is 749 g/mol. The van der Waals surface area contributed by atoms with Crippen molar-refractivity contribution >= 4 is 63.0 Å². The Morgan fingerprint density at radius 1 is 0.286 bits per heavy atom. The number of hydrogen-bond acceptors (Lipinski definition) is 4. The molecule has 0 aliphatic carbocycles. The van der Waals surface area contributed by atoms with Crippen molar-refractivity contribution in [1.29, 1.82) is 0 Å². The summed E-state index contributed by atoms with van der Waals surface area (Å²) in [5.74, 6) is 0.704. The van der Waals surface area contributed by atoms with E-state index in [-0.39, 0.29) is 0 Å². The topological polar surface area (TPSA) is 25.8 Å². The first kappa shape index (κ1) is 32.7. The molecule has 0 fully saturated rings. The van der Waals surface area contributed by atoms with Gasteiger partial charge in [0, 0.05) is 57.0 Å². The van der Waals surface area contributed by atoms with Crippen LogP contribution in [0.1, 0.15) is 0 Å². The molecule has 262 valence electrons. The highest BCUT2D eigenvalue weighted by Crippen LogP contribution is 2.42. The van der Waals surface area contributed by atoms with Crippen molar-refractivity contribution in [3.05, 3.63) is 194 Å². The number of hydrogen-bond donors (Lipinski definition) is 0. The van der Waals surface area contributed by atoms with Crippen LogP contribution in [0.2, 0.25) is 0 Å². The largest absolute Gasteiger partial charge is 0.228 e. The van der Waals surface area contributed by atoms with Crippen LogP contribution in [0.5, 0.6) is 0 Å². The van der Waals surface area contributed by atoms with E-state index in [2.05, 4.69) is 176 Å². The predicted molar refractivity (Wildman–Crippen MR) is 240 cm³/mol. The summed E-state index contributed by atoms with van der Waals surface area (Å²) in [5.41, 5.74) is 11.9. The predicted octanol–water partition coefficient (Wildman–Crippen LogP) is 15.2. The lowest BCUT2D eigenvalue weighted by atomic mass is 9.94. The molecule has 8 aromatic carbocycles. The van der Waals surface area contributed by atoms with E-state index in [4.69, 9.17) is 9.97 Å². The van der Waals surface area contributed by atoms with E-state index < -0.39 is 0 Å². The second-order valence-electron chi connectivity index (χ2n) is 14.2. The Morgan fingerprint density at radius 2 is 0.821 bits per heavy atom. The first-order chi connectivity index (χ1) is 27.7. The van der Waals surface area contributed by atoms with Gasteiger partial charge in [-0.1, -0.05) is 146 Å². The summed E-state index contributed by atoms with van der Waals surface area (Å²) >= 11 is 3.71. The van der Waals surface area contributed by atoms with E-state index in [1.54, 1.807) is 0 Å². The maximum Gasteiger partial charge on any atom is 0.160 e. The molecule has 0 atom stereocenters. The fraction of sp³-hybridized carbons (Fsp3) is 0. The Labute approximate surface area is 332 Å². The zero-order chi connectivity index (χ0) is 37.0. The van der Waals surface area contributed by atoms with Crippen molar-refractivity contribution in [3.8, 4) is 67.3 Å². The Morgan fingerprint density at radius 3 is 1.57 bits per heavy atom. The maximum atomic E-state index is 5.26. The normalized spacial score (nSPS) is 11.6. The zero-order valence-electron chi connectivity index (χ0n) is 30.2. The van der Waals surface area contributed by atoms with Crippen molar-refractivity contribution in [2.24, 2.45) is 0 Å². The van der Waals surface area contributed by atoms with Gasteiger partial charge in [-0.3, -0.25) is 0 Å². The van der Waals surface area contributed by atoms with Gasteiger partial charge in [0.1, 0.15) is 0 Å². The second kappa shape index (κ2) is 13.5. The molecule has 0 bridgehead atoms. The summed E-state index contributed by atoms with van der Waals surface area (Å²) in [4.78, 5) is 10.5. The van der Waals surface area contributed by atoms with Gasteiger partial charge in [0.2, 0.25) is 0 Å². The number of aromatic nitrogens is 2. The highest BCUT2D eigenvalue weighted by atomic mass is 32.1. The van der Waals surface area contributed by atoms with Crippen LogP contribution in [0.25, 0.3) is 108 Å². The molecule has 0 unspecified atom stereocenters. The lowest BCUT2D eigenvalue weighted by Gasteiger charge is -2.14. The molecular formula is C52H32N2S2. The molecule has 11 rings (SSSR count). The highest BCUT2D eigenvalue weighted by molar-refractivity contribution is 7.26. The van der Waals surface area contributed by atoms with E-state index in [9.17, 15) is 0 Å². The van der Waals surface area contributed by atoms with Crippen molar-refractivity contribution < 1.29 is 0 Å². The summed E-state index contributed by atoms with van der Waals surface area (Å²) in [7, 11) is 0. The third kappa shape index (κ3) is 5.79. The average Bonchev–Trinajstić information content (AvgIpc) is 3.85. The van der Waals surface area contributed by atoms with Crippen molar-refractivity contribution in [3.63, 3.8) is 0 Å². The molecule has 0 aliphatic rings. The third-order valence-electron chi connectivity index (χ3n) is 10.7. The van der Waals surface area contributed by atoms with Crippen LogP contribution in [0.15, 0.2) is 194 Å². The smallest absolute Gasteiger partial charge is 0.160 e. The minimum absolute atomic E-state index is 0.704. The van der Waals surface area contributed by atoms with Gasteiger partial charge in [0.15, 0.2) is 5.82 Å². The number of thiophene rings is 2. The first-order valence-electron chi connectivity index (χ1n) is 18.8. The molecule has 11 aromatic rings. The summed E-state index contributed by atoms with van der Waals surface area (Å²) in [6.07, 6.45) is 0. The summed E-state index contributed by atoms with van der Waals surface area (Å²) in [6, 6.07) is 69.7. The maximum absolute atomic E-state index is 5.26. The SMILES string of the molecule is c1ccc(-c2cc(-c3ccc4sc5ccccc5c4c3)cc(-c3cc(-c4ccc(-c5cccc6c5sc5ccccc56)cc4)nc(-c4ccccc4)n3)c2)cc1. The number of rotatable bonds is 6. The van der Waals surface area contributed by atoms with E-state index in [0.29, 0.717) is 5.82 Å². The monoisotopic (exact) mass is 748 g/mol. The van der Waals surface area contributed by atoms with Gasteiger partial charge >= 0.3 is 0 Å². The van der Waals surface area contributed by atoms with E-state index in [0.717, 1.165) is 39.2 Å². The number of nitrogens with zero attached hydrogens (tertiary/aromatic N) is 2. The molecule has 0 N–H and O–H groups in total. The van der Waals surface area contributed by atoms with E-state index in [1.807, 2.05) is 40.9 Å². The van der Waals surface area contributed by atoms with Gasteiger partial charge in [-0.15, -0.1) is 22.7 Å². The van der Waals surface area contributed by atoms with Crippen LogP contribution in [0.3, 0.4) is 0 Å². The van der Waals surface area contributed by atoms with Crippen LogP contribution in [0, 0.1) is 0 Å². The van der Waals surface area contributed by atoms with Gasteiger partial charge in [-0.05, 0) is 81.9 Å². The Hall–Kier alpha value is -6.72. The van der Waals surface area contributed by atoms with Gasteiger partial charge in [0.25, 0.3) is 0 Å². The molecular weight excluding hydrogens is 717 g/mol. The lowest BCUT2D eigenvalue weighted by molar-refractivity contribution is 1.18. The third-order valence-corrected chi connectivity index (χ3v) is 13.1. The quantitative estimate of drug-likeness (QED) is 0.169. The van der Waals surface area contributed by atoms with Crippen LogP contribution in [-0.4, -0.2) is 9.97 Å². The first-order valence-corrected chi connectivity index (χ1v) is 20.4. The molecule has 3 aromatic heterocycles. The molecule has 0 radical (unpaired) electrons. The van der Waals surface area contributed by atoms with Crippen LogP contribution in [-0.2, 0) is 0 Å². The molecule has 0 saturated heterocycles. The number of benzene rings is 8. The standard InChI is InChI=1S/C52H32N2S2/c1-3-12-33(13-4-1)38-28-39(37-26-27-50-45(31-37)43-17-8-9-20-48(43)55-50)30-40(29-38)47-32-46(53-52(54-47)36-14-5-2-6-15-36)35-24-22-34(23-25-35)41-18-11-19-44-42-16-7-10-21-49(42)56-51(41)44/h1-32H. The fourth-order valence-electron chi connectivity index (χ4n) is 7.90. The van der Waals surface area contributed by atoms with Crippen molar-refractivity contribution in [1.82, 2.24) is 9.97 Å². The van der Waals surface area contributed by atoms with E-state index >= 15 is 0 Å². The van der Waals surface area contributed by atoms with Gasteiger partial charge in [-0.25, -0.2) is 9.97 Å². The Balaban J connectivity index is 1.06. The van der Waals surface area contributed by atoms with Crippen molar-refractivity contribution in [2.75, 3.05) is 0 Å². The molecule has 0 aliphatic heterocycles. The van der Waals surface area contributed by atoms with Crippen LogP contribution in [0.4, 0.5) is 0 Å². The summed E-state index contributed by atoms with van der Waals surface area (Å²) in [6.45, 7) is 0. The van der Waals surface area contributed by atoms with Crippen LogP contribution >= 0.6 is 22.7 Å². The minimum atomic E-state index is 0.704. The van der Waals surface area contributed by atoms with Gasteiger partial charge in [-0.2, -0.15) is 0 Å². The molecule has 2 nitrogen and oxygen atoms in total. The molecule has 0 spiro atoms. The van der Waals surface area contributed by atoms with Gasteiger partial charge < -0.3 is 0 Å². The van der Waals surface area contributed by atoms with E-state index in [1.165, 1.54) is 62.6 Å². The summed E-state index contributed by atoms with van der Waals surface area (Å²) < 4.78 is 5.24. The Kier molecular flexibility index (Phi) is 7.90. The molecule has 3 heterocycles. The minimum Gasteiger partial charge on any atom is -0.228 e. The molecule has 0 saturated carbocycles. The molecule has 56 heavy (non-hydrogen) atoms. The molecule has 0 amide bonds. The zero-order valence-corrected chi connectivity index (χ0v) is 31.8. The number of fused-ring (bicyclic) bond motifs is 6. The van der Waals surface area contributed by atoms with Crippen LogP contribution < -0.4 is 0 Å². The summed E-state index contributed by atoms with van der Waals surface area (Å²) in [5, 5.41) is 5.21. The Bertz CT molecular complexity index is 3230. The fourth-order valence-corrected chi connectivity index (χ4v) is 10.2. The van der Waals surface area contributed by atoms with Crippen molar-refractivity contribution in [2.45, 2.75) is 0 Å².